The van der Waals surface area contributed by atoms with E-state index in [0.717, 1.165) is 35.9 Å². The minimum atomic E-state index is 0.538. The van der Waals surface area contributed by atoms with E-state index in [4.69, 9.17) is 11.6 Å². The lowest BCUT2D eigenvalue weighted by molar-refractivity contribution is 0.213. The van der Waals surface area contributed by atoms with Crippen molar-refractivity contribution in [3.63, 3.8) is 0 Å². The molecule has 0 aliphatic heterocycles. The van der Waals surface area contributed by atoms with Crippen molar-refractivity contribution in [3.05, 3.63) is 16.4 Å². The molecule has 1 heterocycles. The maximum atomic E-state index is 6.24. The van der Waals surface area contributed by atoms with Crippen molar-refractivity contribution in [1.82, 2.24) is 14.7 Å². The normalized spacial score (nSPS) is 11.8. The van der Waals surface area contributed by atoms with Crippen molar-refractivity contribution in [3.8, 4) is 0 Å². The van der Waals surface area contributed by atoms with Crippen LogP contribution >= 0.6 is 11.6 Å². The van der Waals surface area contributed by atoms with Gasteiger partial charge in [-0.25, -0.2) is 0 Å². The van der Waals surface area contributed by atoms with Crippen molar-refractivity contribution in [2.24, 2.45) is 7.05 Å². The molecule has 1 aromatic heterocycles. The third kappa shape index (κ3) is 2.98. The van der Waals surface area contributed by atoms with E-state index < -0.39 is 0 Å². The molecule has 0 bridgehead atoms. The number of hydrogen-bond acceptors (Lipinski definition) is 2. The lowest BCUT2D eigenvalue weighted by Gasteiger charge is -2.25. The first-order valence-electron chi connectivity index (χ1n) is 5.89. The van der Waals surface area contributed by atoms with Crippen molar-refractivity contribution < 1.29 is 0 Å². The fraction of sp³-hybridized carbons (Fsp3) is 0.750. The molecule has 16 heavy (non-hydrogen) atoms. The molecular weight excluding hydrogens is 222 g/mol. The first-order valence-corrected chi connectivity index (χ1v) is 6.27. The summed E-state index contributed by atoms with van der Waals surface area (Å²) >= 11 is 6.24. The maximum Gasteiger partial charge on any atom is 0.131 e. The second kappa shape index (κ2) is 5.69. The molecule has 1 aromatic rings. The lowest BCUT2D eigenvalue weighted by atomic mass is 10.2. The van der Waals surface area contributed by atoms with Gasteiger partial charge in [0, 0.05) is 25.2 Å². The van der Waals surface area contributed by atoms with Crippen molar-refractivity contribution in [2.75, 3.05) is 6.54 Å². The van der Waals surface area contributed by atoms with E-state index in [2.05, 4.69) is 30.8 Å². The Balaban J connectivity index is 2.84. The summed E-state index contributed by atoms with van der Waals surface area (Å²) in [7, 11) is 1.89. The molecular formula is C12H22ClN3. The number of rotatable bonds is 5. The van der Waals surface area contributed by atoms with E-state index in [1.807, 2.05) is 14.0 Å². The van der Waals surface area contributed by atoms with Gasteiger partial charge in [-0.15, -0.1) is 0 Å². The van der Waals surface area contributed by atoms with Gasteiger partial charge in [0.1, 0.15) is 5.15 Å². The van der Waals surface area contributed by atoms with Crippen molar-refractivity contribution >= 4 is 11.6 Å². The summed E-state index contributed by atoms with van der Waals surface area (Å²) in [5.41, 5.74) is 2.19. The molecule has 4 heteroatoms. The summed E-state index contributed by atoms with van der Waals surface area (Å²) in [5.74, 6) is 0. The zero-order valence-corrected chi connectivity index (χ0v) is 11.7. The average Bonchev–Trinajstić information content (AvgIpc) is 2.43. The van der Waals surface area contributed by atoms with Crippen LogP contribution in [0.5, 0.6) is 0 Å². The fourth-order valence-electron chi connectivity index (χ4n) is 1.86. The third-order valence-electron chi connectivity index (χ3n) is 2.87. The highest BCUT2D eigenvalue weighted by atomic mass is 35.5. The number of aromatic nitrogens is 2. The monoisotopic (exact) mass is 243 g/mol. The summed E-state index contributed by atoms with van der Waals surface area (Å²) in [6.45, 7) is 10.6. The van der Waals surface area contributed by atoms with Crippen LogP contribution in [0.1, 0.15) is 38.4 Å². The Labute approximate surface area is 103 Å². The molecule has 0 spiro atoms. The molecule has 1 rings (SSSR count). The Bertz CT molecular complexity index is 344. The number of aryl methyl sites for hydroxylation is 2. The van der Waals surface area contributed by atoms with Gasteiger partial charge < -0.3 is 0 Å². The van der Waals surface area contributed by atoms with E-state index in [9.17, 15) is 0 Å². The molecule has 0 amide bonds. The highest BCUT2D eigenvalue weighted by Crippen LogP contribution is 2.21. The van der Waals surface area contributed by atoms with Crippen molar-refractivity contribution in [2.45, 2.75) is 46.7 Å². The molecule has 0 fully saturated rings. The number of hydrogen-bond donors (Lipinski definition) is 0. The van der Waals surface area contributed by atoms with Crippen LogP contribution in [0.25, 0.3) is 0 Å². The molecule has 0 aliphatic rings. The third-order valence-corrected chi connectivity index (χ3v) is 3.34. The van der Waals surface area contributed by atoms with Gasteiger partial charge in [0.2, 0.25) is 0 Å². The molecule has 0 saturated heterocycles. The Kier molecular flexibility index (Phi) is 4.81. The smallest absolute Gasteiger partial charge is 0.131 e. The minimum absolute atomic E-state index is 0.538. The first-order chi connectivity index (χ1) is 7.47. The maximum absolute atomic E-state index is 6.24. The van der Waals surface area contributed by atoms with Crippen LogP contribution < -0.4 is 0 Å². The van der Waals surface area contributed by atoms with Crippen LogP contribution in [0.4, 0.5) is 0 Å². The molecule has 0 aliphatic carbocycles. The molecule has 0 N–H and O–H groups in total. The average molecular weight is 244 g/mol. The predicted octanol–water partition coefficient (Wildman–Crippen LogP) is 3.00. The molecule has 0 unspecified atom stereocenters. The number of halogens is 1. The Morgan fingerprint density at radius 3 is 2.44 bits per heavy atom. The summed E-state index contributed by atoms with van der Waals surface area (Å²) in [5, 5.41) is 5.10. The summed E-state index contributed by atoms with van der Waals surface area (Å²) in [4.78, 5) is 2.43. The Hall–Kier alpha value is -0.540. The van der Waals surface area contributed by atoms with Gasteiger partial charge in [-0.3, -0.25) is 9.58 Å². The highest BCUT2D eigenvalue weighted by molar-refractivity contribution is 6.30. The van der Waals surface area contributed by atoms with Crippen LogP contribution in [0.2, 0.25) is 5.15 Å². The van der Waals surface area contributed by atoms with E-state index in [1.54, 1.807) is 4.68 Å². The second-order valence-corrected chi connectivity index (χ2v) is 4.90. The van der Waals surface area contributed by atoms with Gasteiger partial charge in [0.25, 0.3) is 0 Å². The topological polar surface area (TPSA) is 21.1 Å². The van der Waals surface area contributed by atoms with Gasteiger partial charge in [-0.05, 0) is 33.7 Å². The lowest BCUT2D eigenvalue weighted by Crippen LogP contribution is -2.31. The largest absolute Gasteiger partial charge is 0.297 e. The molecule has 0 radical (unpaired) electrons. The van der Waals surface area contributed by atoms with Crippen LogP contribution in [0.15, 0.2) is 0 Å². The summed E-state index contributed by atoms with van der Waals surface area (Å²) in [6.07, 6.45) is 1.16. The number of nitrogens with zero attached hydrogens (tertiary/aromatic N) is 3. The second-order valence-electron chi connectivity index (χ2n) is 4.54. The Morgan fingerprint density at radius 1 is 1.44 bits per heavy atom. The van der Waals surface area contributed by atoms with Gasteiger partial charge >= 0.3 is 0 Å². The van der Waals surface area contributed by atoms with Crippen LogP contribution in [0.3, 0.4) is 0 Å². The van der Waals surface area contributed by atoms with Gasteiger partial charge in [0.15, 0.2) is 0 Å². The van der Waals surface area contributed by atoms with E-state index in [1.165, 1.54) is 0 Å². The molecule has 3 nitrogen and oxygen atoms in total. The minimum Gasteiger partial charge on any atom is -0.297 e. The molecule has 92 valence electrons. The standard InChI is InChI=1S/C12H22ClN3/c1-6-7-16(9(2)3)8-11-10(4)14-15(5)12(11)13/h9H,6-8H2,1-5H3. The van der Waals surface area contributed by atoms with E-state index in [-0.39, 0.29) is 0 Å². The van der Waals surface area contributed by atoms with Crippen LogP contribution in [0, 0.1) is 6.92 Å². The molecule has 0 saturated carbocycles. The molecule has 0 aromatic carbocycles. The zero-order valence-electron chi connectivity index (χ0n) is 10.9. The van der Waals surface area contributed by atoms with Gasteiger partial charge in [-0.2, -0.15) is 5.10 Å². The first kappa shape index (κ1) is 13.5. The van der Waals surface area contributed by atoms with Gasteiger partial charge in [-0.1, -0.05) is 18.5 Å². The predicted molar refractivity (Wildman–Crippen MR) is 68.8 cm³/mol. The zero-order chi connectivity index (χ0) is 12.3. The Morgan fingerprint density at radius 2 is 2.06 bits per heavy atom. The van der Waals surface area contributed by atoms with Crippen LogP contribution in [-0.2, 0) is 13.6 Å². The van der Waals surface area contributed by atoms with Gasteiger partial charge in [0.05, 0.1) is 5.69 Å². The fourth-order valence-corrected chi connectivity index (χ4v) is 2.10. The summed E-state index contributed by atoms with van der Waals surface area (Å²) in [6, 6.07) is 0.538. The van der Waals surface area contributed by atoms with E-state index >= 15 is 0 Å². The van der Waals surface area contributed by atoms with Crippen LogP contribution in [-0.4, -0.2) is 27.3 Å². The molecule has 0 atom stereocenters. The quantitative estimate of drug-likeness (QED) is 0.793. The SMILES string of the molecule is CCCN(Cc1c(C)nn(C)c1Cl)C(C)C. The summed E-state index contributed by atoms with van der Waals surface area (Å²) < 4.78 is 1.75. The van der Waals surface area contributed by atoms with Crippen molar-refractivity contribution in [1.29, 1.82) is 0 Å². The highest BCUT2D eigenvalue weighted by Gasteiger charge is 2.16. The van der Waals surface area contributed by atoms with E-state index in [0.29, 0.717) is 6.04 Å².